The number of benzene rings is 3. The Morgan fingerprint density at radius 2 is 1.62 bits per heavy atom. The van der Waals surface area contributed by atoms with Gasteiger partial charge in [0.1, 0.15) is 11.5 Å². The number of aromatic hydroxyl groups is 1. The number of carbonyl (C=O) groups is 2. The second kappa shape index (κ2) is 8.71. The molecule has 1 fully saturated rings. The third-order valence-electron chi connectivity index (χ3n) is 5.88. The highest BCUT2D eigenvalue weighted by atomic mass is 16.3. The summed E-state index contributed by atoms with van der Waals surface area (Å²) in [6.45, 7) is 4.09. The van der Waals surface area contributed by atoms with Crippen LogP contribution in [0.1, 0.15) is 33.9 Å². The monoisotopic (exact) mass is 427 g/mol. The Balaban J connectivity index is 1.82. The van der Waals surface area contributed by atoms with Crippen molar-refractivity contribution in [3.05, 3.63) is 106 Å². The first-order valence-corrected chi connectivity index (χ1v) is 10.6. The molecule has 1 heterocycles. The number of aliphatic hydroxyl groups is 1. The van der Waals surface area contributed by atoms with Gasteiger partial charge < -0.3 is 15.1 Å². The van der Waals surface area contributed by atoms with Crippen molar-refractivity contribution in [1.29, 1.82) is 0 Å². The minimum atomic E-state index is -0.737. The molecule has 0 saturated carbocycles. The number of hydrogen-bond donors (Lipinski definition) is 2. The third-order valence-corrected chi connectivity index (χ3v) is 5.88. The predicted octanol–water partition coefficient (Wildman–Crippen LogP) is 4.67. The molecule has 1 amide bonds. The first-order chi connectivity index (χ1) is 15.4. The summed E-state index contributed by atoms with van der Waals surface area (Å²) in [5.74, 6) is -1.42. The SMILES string of the molecule is Cc1ccc(C)c(/C(O)=C2\C(=O)C(=O)N(CCc3ccccc3)[C@@H]2c2ccc(O)cc2)c1. The molecule has 2 N–H and O–H groups in total. The number of aryl methyl sites for hydroxylation is 2. The molecule has 0 radical (unpaired) electrons. The number of carbonyl (C=O) groups excluding carboxylic acids is 2. The van der Waals surface area contributed by atoms with Gasteiger partial charge in [-0.25, -0.2) is 0 Å². The highest BCUT2D eigenvalue weighted by Gasteiger charge is 2.45. The van der Waals surface area contributed by atoms with Crippen LogP contribution in [0, 0.1) is 13.8 Å². The Kier molecular flexibility index (Phi) is 5.82. The molecule has 0 bridgehead atoms. The molecule has 1 aliphatic rings. The number of phenols is 1. The topological polar surface area (TPSA) is 77.8 Å². The number of ketones is 1. The summed E-state index contributed by atoms with van der Waals surface area (Å²) in [4.78, 5) is 27.7. The molecule has 5 nitrogen and oxygen atoms in total. The molecule has 1 aliphatic heterocycles. The van der Waals surface area contributed by atoms with E-state index in [1.165, 1.54) is 17.0 Å². The molecule has 4 rings (SSSR count). The number of aliphatic hydroxyl groups excluding tert-OH is 1. The molecule has 3 aromatic rings. The number of hydrogen-bond acceptors (Lipinski definition) is 4. The van der Waals surface area contributed by atoms with Crippen LogP contribution in [-0.4, -0.2) is 33.3 Å². The summed E-state index contributed by atoms with van der Waals surface area (Å²) in [5, 5.41) is 21.0. The summed E-state index contributed by atoms with van der Waals surface area (Å²) in [5.41, 5.74) is 4.07. The van der Waals surface area contributed by atoms with Crippen molar-refractivity contribution in [3.8, 4) is 5.75 Å². The fourth-order valence-electron chi connectivity index (χ4n) is 4.14. The highest BCUT2D eigenvalue weighted by molar-refractivity contribution is 6.46. The number of nitrogens with zero attached hydrogens (tertiary/aromatic N) is 1. The largest absolute Gasteiger partial charge is 0.508 e. The lowest BCUT2D eigenvalue weighted by atomic mass is 9.93. The van der Waals surface area contributed by atoms with Crippen molar-refractivity contribution in [2.45, 2.75) is 26.3 Å². The Bertz CT molecular complexity index is 1200. The molecular formula is C27H25NO4. The van der Waals surface area contributed by atoms with Gasteiger partial charge in [-0.15, -0.1) is 0 Å². The number of rotatable bonds is 5. The molecule has 3 aromatic carbocycles. The zero-order valence-corrected chi connectivity index (χ0v) is 18.1. The van der Waals surface area contributed by atoms with Crippen LogP contribution in [-0.2, 0) is 16.0 Å². The first-order valence-electron chi connectivity index (χ1n) is 10.6. The zero-order chi connectivity index (χ0) is 22.8. The van der Waals surface area contributed by atoms with Gasteiger partial charge in [0.25, 0.3) is 11.7 Å². The molecule has 162 valence electrons. The van der Waals surface area contributed by atoms with Gasteiger partial charge in [0.15, 0.2) is 0 Å². The van der Waals surface area contributed by atoms with Crippen molar-refractivity contribution in [2.24, 2.45) is 0 Å². The van der Waals surface area contributed by atoms with E-state index in [0.29, 0.717) is 24.1 Å². The van der Waals surface area contributed by atoms with Gasteiger partial charge in [-0.1, -0.05) is 60.2 Å². The van der Waals surface area contributed by atoms with E-state index in [9.17, 15) is 19.8 Å². The van der Waals surface area contributed by atoms with Gasteiger partial charge in [0.2, 0.25) is 0 Å². The number of phenolic OH excluding ortho intramolecular Hbond substituents is 1. The van der Waals surface area contributed by atoms with E-state index in [4.69, 9.17) is 0 Å². The second-order valence-corrected chi connectivity index (χ2v) is 8.14. The van der Waals surface area contributed by atoms with E-state index in [-0.39, 0.29) is 17.1 Å². The predicted molar refractivity (Wildman–Crippen MR) is 123 cm³/mol. The van der Waals surface area contributed by atoms with E-state index in [1.54, 1.807) is 12.1 Å². The van der Waals surface area contributed by atoms with E-state index in [1.807, 2.05) is 62.4 Å². The summed E-state index contributed by atoms with van der Waals surface area (Å²) >= 11 is 0. The summed E-state index contributed by atoms with van der Waals surface area (Å²) in [7, 11) is 0. The first kappa shape index (κ1) is 21.4. The summed E-state index contributed by atoms with van der Waals surface area (Å²) in [6, 6.07) is 21.0. The average Bonchev–Trinajstić information content (AvgIpc) is 3.05. The van der Waals surface area contributed by atoms with Crippen molar-refractivity contribution in [3.63, 3.8) is 0 Å². The second-order valence-electron chi connectivity index (χ2n) is 8.14. The number of amides is 1. The summed E-state index contributed by atoms with van der Waals surface area (Å²) in [6.07, 6.45) is 0.575. The maximum atomic E-state index is 13.1. The molecule has 0 aromatic heterocycles. The quantitative estimate of drug-likeness (QED) is 0.352. The van der Waals surface area contributed by atoms with Gasteiger partial charge in [0, 0.05) is 12.1 Å². The lowest BCUT2D eigenvalue weighted by Crippen LogP contribution is -2.31. The van der Waals surface area contributed by atoms with Crippen LogP contribution >= 0.6 is 0 Å². The molecule has 1 atom stereocenters. The van der Waals surface area contributed by atoms with Crippen LogP contribution in [0.25, 0.3) is 5.76 Å². The third kappa shape index (κ3) is 4.02. The van der Waals surface area contributed by atoms with Gasteiger partial charge in [-0.05, 0) is 55.2 Å². The van der Waals surface area contributed by atoms with Crippen molar-refractivity contribution in [2.75, 3.05) is 6.54 Å². The molecule has 0 unspecified atom stereocenters. The van der Waals surface area contributed by atoms with Gasteiger partial charge in [-0.2, -0.15) is 0 Å². The molecule has 5 heteroatoms. The Hall–Kier alpha value is -3.86. The number of likely N-dealkylation sites (tertiary alicyclic amines) is 1. The molecular weight excluding hydrogens is 402 g/mol. The smallest absolute Gasteiger partial charge is 0.295 e. The molecule has 0 spiro atoms. The highest BCUT2D eigenvalue weighted by Crippen LogP contribution is 2.40. The maximum absolute atomic E-state index is 13.1. The van der Waals surface area contributed by atoms with Crippen LogP contribution in [0.2, 0.25) is 0 Å². The normalized spacial score (nSPS) is 17.7. The van der Waals surface area contributed by atoms with Crippen molar-refractivity contribution in [1.82, 2.24) is 4.90 Å². The lowest BCUT2D eigenvalue weighted by Gasteiger charge is -2.25. The Labute approximate surface area is 187 Å². The summed E-state index contributed by atoms with van der Waals surface area (Å²) < 4.78 is 0. The van der Waals surface area contributed by atoms with Gasteiger partial charge in [0.05, 0.1) is 11.6 Å². The van der Waals surface area contributed by atoms with Crippen molar-refractivity contribution < 1.29 is 19.8 Å². The van der Waals surface area contributed by atoms with E-state index < -0.39 is 17.7 Å². The van der Waals surface area contributed by atoms with E-state index in [2.05, 4.69) is 0 Å². The minimum absolute atomic E-state index is 0.0717. The standard InChI is InChI=1S/C27H25NO4/c1-17-8-9-18(2)22(16-17)25(30)23-24(20-10-12-21(29)13-11-20)28(27(32)26(23)31)15-14-19-6-4-3-5-7-19/h3-13,16,24,29-30H,14-15H2,1-2H3/b25-23+/t24-/m1/s1. The zero-order valence-electron chi connectivity index (χ0n) is 18.1. The fourth-order valence-corrected chi connectivity index (χ4v) is 4.14. The van der Waals surface area contributed by atoms with Crippen LogP contribution in [0.4, 0.5) is 0 Å². The van der Waals surface area contributed by atoms with E-state index in [0.717, 1.165) is 16.7 Å². The van der Waals surface area contributed by atoms with Crippen LogP contribution in [0.5, 0.6) is 5.75 Å². The maximum Gasteiger partial charge on any atom is 0.295 e. The molecule has 0 aliphatic carbocycles. The van der Waals surface area contributed by atoms with Crippen LogP contribution < -0.4 is 0 Å². The fraction of sp³-hybridized carbons (Fsp3) is 0.185. The number of Topliss-reactive ketones (excluding diaryl/α,β-unsaturated/α-hetero) is 1. The lowest BCUT2D eigenvalue weighted by molar-refractivity contribution is -0.139. The van der Waals surface area contributed by atoms with Gasteiger partial charge >= 0.3 is 0 Å². The van der Waals surface area contributed by atoms with Crippen LogP contribution in [0.15, 0.2) is 78.4 Å². The van der Waals surface area contributed by atoms with E-state index >= 15 is 0 Å². The minimum Gasteiger partial charge on any atom is -0.508 e. The van der Waals surface area contributed by atoms with Crippen LogP contribution in [0.3, 0.4) is 0 Å². The Morgan fingerprint density at radius 1 is 0.938 bits per heavy atom. The Morgan fingerprint density at radius 3 is 2.31 bits per heavy atom. The van der Waals surface area contributed by atoms with Crippen molar-refractivity contribution >= 4 is 17.4 Å². The average molecular weight is 428 g/mol. The molecule has 1 saturated heterocycles. The van der Waals surface area contributed by atoms with Gasteiger partial charge in [-0.3, -0.25) is 9.59 Å². The molecule has 32 heavy (non-hydrogen) atoms.